The average Bonchev–Trinajstić information content (AvgIpc) is 2.76. The minimum Gasteiger partial charge on any atom is -0.362 e. The van der Waals surface area contributed by atoms with Crippen molar-refractivity contribution in [1.29, 1.82) is 0 Å². The van der Waals surface area contributed by atoms with Crippen molar-refractivity contribution in [3.63, 3.8) is 0 Å². The van der Waals surface area contributed by atoms with Crippen molar-refractivity contribution in [3.05, 3.63) is 12.1 Å². The molecule has 0 aliphatic heterocycles. The van der Waals surface area contributed by atoms with Gasteiger partial charge in [0.1, 0.15) is 5.82 Å². The number of anilines is 1. The van der Waals surface area contributed by atoms with E-state index in [0.717, 1.165) is 12.2 Å². The lowest BCUT2D eigenvalue weighted by Crippen LogP contribution is -2.42. The topological polar surface area (TPSA) is 94.0 Å². The molecule has 0 fully saturated rings. The normalized spacial score (nSPS) is 14.9. The summed E-state index contributed by atoms with van der Waals surface area (Å²) in [5, 5.41) is 18.6. The molecule has 1 unspecified atom stereocenters. The first-order valence-corrected chi connectivity index (χ1v) is 5.20. The second kappa shape index (κ2) is 4.01. The molecule has 0 saturated carbocycles. The number of hydrogen-bond acceptors (Lipinski definition) is 6. The van der Waals surface area contributed by atoms with Gasteiger partial charge in [-0.3, -0.25) is 0 Å². The van der Waals surface area contributed by atoms with Crippen LogP contribution in [0.3, 0.4) is 0 Å². The molecule has 0 aliphatic carbocycles. The molecule has 0 aliphatic rings. The number of nitrogens with zero attached hydrogens (tertiary/aromatic N) is 5. The summed E-state index contributed by atoms with van der Waals surface area (Å²) >= 11 is 0. The van der Waals surface area contributed by atoms with E-state index in [1.165, 1.54) is 4.63 Å². The second-order valence-corrected chi connectivity index (χ2v) is 3.99. The van der Waals surface area contributed by atoms with Gasteiger partial charge in [-0.2, -0.15) is 0 Å². The fourth-order valence-corrected chi connectivity index (χ4v) is 1.31. The molecule has 2 heterocycles. The highest BCUT2D eigenvalue weighted by atomic mass is 15.6. The van der Waals surface area contributed by atoms with Crippen LogP contribution in [0.1, 0.15) is 20.3 Å². The van der Waals surface area contributed by atoms with Gasteiger partial charge in [0.25, 0.3) is 0 Å². The summed E-state index contributed by atoms with van der Waals surface area (Å²) in [5.41, 5.74) is 6.18. The van der Waals surface area contributed by atoms with Crippen LogP contribution >= 0.6 is 0 Å². The molecule has 2 aromatic rings. The van der Waals surface area contributed by atoms with E-state index in [-0.39, 0.29) is 5.54 Å². The number of hydrogen-bond donors (Lipinski definition) is 2. The maximum atomic E-state index is 5.72. The zero-order valence-electron chi connectivity index (χ0n) is 9.38. The molecule has 0 saturated heterocycles. The monoisotopic (exact) mass is 221 g/mol. The van der Waals surface area contributed by atoms with E-state index >= 15 is 0 Å². The van der Waals surface area contributed by atoms with Gasteiger partial charge in [-0.25, -0.2) is 0 Å². The quantitative estimate of drug-likeness (QED) is 0.758. The molecule has 3 N–H and O–H groups in total. The van der Waals surface area contributed by atoms with E-state index in [1.54, 1.807) is 0 Å². The fourth-order valence-electron chi connectivity index (χ4n) is 1.31. The van der Waals surface area contributed by atoms with Gasteiger partial charge in [0, 0.05) is 12.1 Å². The third-order valence-corrected chi connectivity index (χ3v) is 2.73. The largest absolute Gasteiger partial charge is 0.362 e. The molecule has 2 rings (SSSR count). The molecule has 7 nitrogen and oxygen atoms in total. The minimum absolute atomic E-state index is 0.158. The molecule has 2 aromatic heterocycles. The number of nitrogens with one attached hydrogen (secondary N) is 1. The van der Waals surface area contributed by atoms with Crippen molar-refractivity contribution < 1.29 is 0 Å². The highest BCUT2D eigenvalue weighted by molar-refractivity contribution is 5.43. The number of fused-ring (bicyclic) bond motifs is 1. The predicted octanol–water partition coefficient (Wildman–Crippen LogP) is 0.0586. The van der Waals surface area contributed by atoms with E-state index in [0.29, 0.717) is 12.2 Å². The highest BCUT2D eigenvalue weighted by Crippen LogP contribution is 2.15. The van der Waals surface area contributed by atoms with Crippen LogP contribution in [0.5, 0.6) is 0 Å². The number of nitrogens with two attached hydrogens (primary N) is 1. The molecule has 1 atom stereocenters. The number of aromatic nitrogens is 5. The molecular formula is C9H15N7. The van der Waals surface area contributed by atoms with Crippen LogP contribution in [-0.4, -0.2) is 37.3 Å². The van der Waals surface area contributed by atoms with Crippen LogP contribution in [0.15, 0.2) is 12.1 Å². The Labute approximate surface area is 93.0 Å². The third kappa shape index (κ3) is 1.94. The smallest absolute Gasteiger partial charge is 0.200 e. The highest BCUT2D eigenvalue weighted by Gasteiger charge is 2.20. The van der Waals surface area contributed by atoms with Crippen LogP contribution in [0.2, 0.25) is 0 Å². The molecule has 0 radical (unpaired) electrons. The Morgan fingerprint density at radius 1 is 1.50 bits per heavy atom. The summed E-state index contributed by atoms with van der Waals surface area (Å²) in [6.07, 6.45) is 0.916. The van der Waals surface area contributed by atoms with E-state index < -0.39 is 0 Å². The van der Waals surface area contributed by atoms with Gasteiger partial charge in [-0.05, 0) is 35.9 Å². The van der Waals surface area contributed by atoms with Crippen molar-refractivity contribution in [3.8, 4) is 0 Å². The number of tetrazole rings is 1. The molecule has 7 heteroatoms. The van der Waals surface area contributed by atoms with Gasteiger partial charge in [-0.15, -0.1) is 14.8 Å². The summed E-state index contributed by atoms with van der Waals surface area (Å²) in [6, 6.07) is 3.65. The summed E-state index contributed by atoms with van der Waals surface area (Å²) in [6.45, 7) is 4.67. The standard InChI is InChI=1S/C9H15N7/c1-3-9(2,6-10)11-7-4-5-8-12-14-15-16(8)13-7/h4-5H,3,6,10H2,1-2H3,(H,11,13). The zero-order valence-corrected chi connectivity index (χ0v) is 9.38. The Balaban J connectivity index is 2.26. The molecule has 0 spiro atoms. The Morgan fingerprint density at radius 2 is 2.31 bits per heavy atom. The van der Waals surface area contributed by atoms with Crippen molar-refractivity contribution in [2.75, 3.05) is 11.9 Å². The van der Waals surface area contributed by atoms with Gasteiger partial charge in [0.2, 0.25) is 0 Å². The Hall–Kier alpha value is -1.76. The van der Waals surface area contributed by atoms with Gasteiger partial charge in [0.05, 0.1) is 0 Å². The van der Waals surface area contributed by atoms with Crippen molar-refractivity contribution >= 4 is 11.5 Å². The van der Waals surface area contributed by atoms with Crippen LogP contribution in [0.4, 0.5) is 5.82 Å². The van der Waals surface area contributed by atoms with Crippen molar-refractivity contribution in [1.82, 2.24) is 25.3 Å². The summed E-state index contributed by atoms with van der Waals surface area (Å²) < 4.78 is 1.38. The lowest BCUT2D eigenvalue weighted by Gasteiger charge is -2.28. The summed E-state index contributed by atoms with van der Waals surface area (Å²) in [7, 11) is 0. The van der Waals surface area contributed by atoms with E-state index in [2.05, 4.69) is 39.8 Å². The molecule has 0 amide bonds. The van der Waals surface area contributed by atoms with Gasteiger partial charge in [0.15, 0.2) is 5.65 Å². The van der Waals surface area contributed by atoms with E-state index in [1.807, 2.05) is 12.1 Å². The molecule has 16 heavy (non-hydrogen) atoms. The maximum Gasteiger partial charge on any atom is 0.200 e. The summed E-state index contributed by atoms with van der Waals surface area (Å²) in [5.74, 6) is 0.717. The summed E-state index contributed by atoms with van der Waals surface area (Å²) in [4.78, 5) is 0. The second-order valence-electron chi connectivity index (χ2n) is 3.99. The van der Waals surface area contributed by atoms with Crippen LogP contribution < -0.4 is 11.1 Å². The first kappa shape index (κ1) is 10.7. The van der Waals surface area contributed by atoms with Gasteiger partial charge in [-0.1, -0.05) is 6.92 Å². The lowest BCUT2D eigenvalue weighted by atomic mass is 9.99. The van der Waals surface area contributed by atoms with Crippen molar-refractivity contribution in [2.45, 2.75) is 25.8 Å². The average molecular weight is 221 g/mol. The van der Waals surface area contributed by atoms with Crippen LogP contribution in [0, 0.1) is 0 Å². The first-order valence-electron chi connectivity index (χ1n) is 5.20. The molecule has 86 valence electrons. The Kier molecular flexibility index (Phi) is 2.69. The van der Waals surface area contributed by atoms with E-state index in [9.17, 15) is 0 Å². The van der Waals surface area contributed by atoms with Gasteiger partial charge >= 0.3 is 0 Å². The van der Waals surface area contributed by atoms with Crippen LogP contribution in [0.25, 0.3) is 5.65 Å². The predicted molar refractivity (Wildman–Crippen MR) is 60.0 cm³/mol. The fraction of sp³-hybridized carbons (Fsp3) is 0.556. The Bertz CT molecular complexity index is 473. The maximum absolute atomic E-state index is 5.72. The van der Waals surface area contributed by atoms with Crippen LogP contribution in [-0.2, 0) is 0 Å². The third-order valence-electron chi connectivity index (χ3n) is 2.73. The SMILES string of the molecule is CCC(C)(CN)Nc1ccc2nnnn2n1. The Morgan fingerprint density at radius 3 is 3.00 bits per heavy atom. The number of rotatable bonds is 4. The molecule has 0 aromatic carbocycles. The van der Waals surface area contributed by atoms with Crippen molar-refractivity contribution in [2.24, 2.45) is 5.73 Å². The van der Waals surface area contributed by atoms with Gasteiger partial charge < -0.3 is 11.1 Å². The van der Waals surface area contributed by atoms with E-state index in [4.69, 9.17) is 5.73 Å². The zero-order chi connectivity index (χ0) is 11.6. The first-order chi connectivity index (χ1) is 7.67. The lowest BCUT2D eigenvalue weighted by molar-refractivity contribution is 0.502. The minimum atomic E-state index is -0.158. The molecule has 0 bridgehead atoms. The molecular weight excluding hydrogens is 206 g/mol.